The summed E-state index contributed by atoms with van der Waals surface area (Å²) in [6, 6.07) is 7.91. The fourth-order valence-electron chi connectivity index (χ4n) is 4.37. The number of ether oxygens (including phenoxy) is 2. The molecule has 0 saturated carbocycles. The van der Waals surface area contributed by atoms with E-state index in [9.17, 15) is 9.59 Å². The van der Waals surface area contributed by atoms with Gasteiger partial charge in [0.05, 0.1) is 23.8 Å². The van der Waals surface area contributed by atoms with Gasteiger partial charge in [-0.1, -0.05) is 0 Å². The summed E-state index contributed by atoms with van der Waals surface area (Å²) in [5.41, 5.74) is 1.04. The molecule has 11 nitrogen and oxygen atoms in total. The lowest BCUT2D eigenvalue weighted by atomic mass is 10.2. The van der Waals surface area contributed by atoms with E-state index in [1.807, 2.05) is 78.2 Å². The topological polar surface area (TPSA) is 103 Å². The molecule has 11 heteroatoms. The van der Waals surface area contributed by atoms with Gasteiger partial charge >= 0.3 is 12.2 Å². The second kappa shape index (κ2) is 11.5. The predicted octanol–water partition coefficient (Wildman–Crippen LogP) is 4.33. The molecule has 2 aromatic heterocycles. The lowest BCUT2D eigenvalue weighted by Gasteiger charge is -2.36. The first-order valence-electron chi connectivity index (χ1n) is 13.5. The van der Waals surface area contributed by atoms with Crippen molar-refractivity contribution in [3.05, 3.63) is 36.7 Å². The largest absolute Gasteiger partial charge is 0.444 e. The van der Waals surface area contributed by atoms with E-state index in [1.54, 1.807) is 9.80 Å². The zero-order valence-electron chi connectivity index (χ0n) is 23.9. The van der Waals surface area contributed by atoms with Crippen molar-refractivity contribution in [1.29, 1.82) is 0 Å². The molecule has 2 aliphatic heterocycles. The fraction of sp³-hybridized carbons (Fsp3) is 0.571. The van der Waals surface area contributed by atoms with Crippen molar-refractivity contribution >= 4 is 35.2 Å². The van der Waals surface area contributed by atoms with Gasteiger partial charge in [0, 0.05) is 52.4 Å². The third kappa shape index (κ3) is 8.11. The molecule has 0 spiro atoms. The Kier molecular flexibility index (Phi) is 8.36. The molecule has 4 heterocycles. The van der Waals surface area contributed by atoms with Gasteiger partial charge in [0.25, 0.3) is 0 Å². The zero-order chi connectivity index (χ0) is 28.2. The molecular weight excluding hydrogens is 498 g/mol. The van der Waals surface area contributed by atoms with Gasteiger partial charge in [-0.15, -0.1) is 0 Å². The van der Waals surface area contributed by atoms with Gasteiger partial charge in [-0.2, -0.15) is 0 Å². The Labute approximate surface area is 231 Å². The fourth-order valence-corrected chi connectivity index (χ4v) is 4.37. The van der Waals surface area contributed by atoms with Crippen LogP contribution in [0.25, 0.3) is 0 Å². The first-order valence-corrected chi connectivity index (χ1v) is 13.5. The van der Waals surface area contributed by atoms with Crippen LogP contribution < -0.4 is 15.1 Å². The van der Waals surface area contributed by atoms with Gasteiger partial charge in [0.2, 0.25) is 0 Å². The number of hydrogen-bond acceptors (Lipinski definition) is 9. The standard InChI is InChI=1S/C28H41N7O4/c1-27(2,3)38-25(36)34-15-11-32(12-16-34)21-7-9-23(29-19-21)31-24-10-8-22(20-30-24)33-13-17-35(18-14-33)26(37)39-28(4,5)6/h7-10,19-20H,11-18H2,1-6H3,(H,29,30,31). The molecule has 2 aromatic rings. The number of pyridine rings is 2. The summed E-state index contributed by atoms with van der Waals surface area (Å²) in [7, 11) is 0. The molecule has 1 N–H and O–H groups in total. The first-order chi connectivity index (χ1) is 18.4. The number of amides is 2. The molecule has 0 atom stereocenters. The Morgan fingerprint density at radius 1 is 0.641 bits per heavy atom. The number of rotatable bonds is 4. The van der Waals surface area contributed by atoms with Crippen molar-refractivity contribution in [3.8, 4) is 0 Å². The molecule has 0 aliphatic carbocycles. The maximum atomic E-state index is 12.3. The average molecular weight is 540 g/mol. The number of aromatic nitrogens is 2. The van der Waals surface area contributed by atoms with Crippen LogP contribution in [-0.2, 0) is 9.47 Å². The van der Waals surface area contributed by atoms with E-state index in [2.05, 4.69) is 25.1 Å². The van der Waals surface area contributed by atoms with E-state index in [-0.39, 0.29) is 12.2 Å². The number of nitrogens with zero attached hydrogens (tertiary/aromatic N) is 6. The normalized spacial score (nSPS) is 16.7. The van der Waals surface area contributed by atoms with E-state index in [4.69, 9.17) is 9.47 Å². The van der Waals surface area contributed by atoms with Gasteiger partial charge in [-0.25, -0.2) is 19.6 Å². The summed E-state index contributed by atoms with van der Waals surface area (Å²) in [4.78, 5) is 41.7. The first kappa shape index (κ1) is 28.3. The number of piperazine rings is 2. The number of anilines is 4. The second-order valence-electron chi connectivity index (χ2n) is 11.8. The molecule has 0 unspecified atom stereocenters. The van der Waals surface area contributed by atoms with Gasteiger partial charge in [0.15, 0.2) is 0 Å². The SMILES string of the molecule is CC(C)(C)OC(=O)N1CCN(c2ccc(Nc3ccc(N4CCN(C(=O)OC(C)(C)C)CC4)cn3)nc2)CC1. The Morgan fingerprint density at radius 3 is 1.28 bits per heavy atom. The van der Waals surface area contributed by atoms with Crippen molar-refractivity contribution in [2.75, 3.05) is 67.5 Å². The van der Waals surface area contributed by atoms with Gasteiger partial charge in [-0.05, 0) is 65.8 Å². The second-order valence-corrected chi connectivity index (χ2v) is 11.8. The summed E-state index contributed by atoms with van der Waals surface area (Å²) >= 11 is 0. The summed E-state index contributed by atoms with van der Waals surface area (Å²) < 4.78 is 11.0. The van der Waals surface area contributed by atoms with Crippen LogP contribution in [0.5, 0.6) is 0 Å². The van der Waals surface area contributed by atoms with E-state index in [0.29, 0.717) is 37.8 Å². The maximum absolute atomic E-state index is 12.3. The highest BCUT2D eigenvalue weighted by molar-refractivity contribution is 5.69. The third-order valence-electron chi connectivity index (χ3n) is 6.34. The molecule has 0 bridgehead atoms. The van der Waals surface area contributed by atoms with Crippen LogP contribution in [0.3, 0.4) is 0 Å². The molecule has 0 radical (unpaired) electrons. The lowest BCUT2D eigenvalue weighted by Crippen LogP contribution is -2.50. The Morgan fingerprint density at radius 2 is 1.00 bits per heavy atom. The summed E-state index contributed by atoms with van der Waals surface area (Å²) in [5, 5.41) is 3.25. The number of hydrogen-bond donors (Lipinski definition) is 1. The van der Waals surface area contributed by atoms with Crippen LogP contribution in [0.4, 0.5) is 32.6 Å². The molecule has 2 aliphatic rings. The minimum atomic E-state index is -0.491. The van der Waals surface area contributed by atoms with E-state index in [0.717, 1.165) is 37.6 Å². The molecule has 39 heavy (non-hydrogen) atoms. The predicted molar refractivity (Wildman–Crippen MR) is 152 cm³/mol. The lowest BCUT2D eigenvalue weighted by molar-refractivity contribution is 0.0230. The molecule has 2 saturated heterocycles. The van der Waals surface area contributed by atoms with Crippen LogP contribution in [-0.4, -0.2) is 95.5 Å². The van der Waals surface area contributed by atoms with Gasteiger partial charge < -0.3 is 34.4 Å². The minimum absolute atomic E-state index is 0.263. The molecule has 0 aromatic carbocycles. The Bertz CT molecular complexity index is 1020. The minimum Gasteiger partial charge on any atom is -0.444 e. The summed E-state index contributed by atoms with van der Waals surface area (Å²) in [6.45, 7) is 16.6. The van der Waals surface area contributed by atoms with Crippen molar-refractivity contribution in [2.45, 2.75) is 52.7 Å². The highest BCUT2D eigenvalue weighted by Crippen LogP contribution is 2.22. The molecular formula is C28H41N7O4. The monoisotopic (exact) mass is 539 g/mol. The number of carbonyl (C=O) groups is 2. The Hall–Kier alpha value is -3.76. The van der Waals surface area contributed by atoms with Crippen LogP contribution in [0.15, 0.2) is 36.7 Å². The van der Waals surface area contributed by atoms with Crippen molar-refractivity contribution < 1.29 is 19.1 Å². The maximum Gasteiger partial charge on any atom is 0.410 e. The molecule has 212 valence electrons. The smallest absolute Gasteiger partial charge is 0.410 e. The van der Waals surface area contributed by atoms with E-state index >= 15 is 0 Å². The summed E-state index contributed by atoms with van der Waals surface area (Å²) in [5.74, 6) is 1.41. The molecule has 2 fully saturated rings. The summed E-state index contributed by atoms with van der Waals surface area (Å²) in [6.07, 6.45) is 3.15. The number of nitrogens with one attached hydrogen (secondary N) is 1. The highest BCUT2D eigenvalue weighted by atomic mass is 16.6. The van der Waals surface area contributed by atoms with Crippen LogP contribution in [0, 0.1) is 0 Å². The highest BCUT2D eigenvalue weighted by Gasteiger charge is 2.27. The van der Waals surface area contributed by atoms with Gasteiger partial charge in [0.1, 0.15) is 22.8 Å². The van der Waals surface area contributed by atoms with Gasteiger partial charge in [-0.3, -0.25) is 0 Å². The zero-order valence-corrected chi connectivity index (χ0v) is 23.9. The van der Waals surface area contributed by atoms with Crippen LogP contribution in [0.2, 0.25) is 0 Å². The quantitative estimate of drug-likeness (QED) is 0.608. The van der Waals surface area contributed by atoms with Crippen LogP contribution >= 0.6 is 0 Å². The third-order valence-corrected chi connectivity index (χ3v) is 6.34. The molecule has 4 rings (SSSR count). The van der Waals surface area contributed by atoms with E-state index < -0.39 is 11.2 Å². The van der Waals surface area contributed by atoms with Crippen molar-refractivity contribution in [2.24, 2.45) is 0 Å². The molecule has 2 amide bonds. The average Bonchev–Trinajstić information content (AvgIpc) is 2.88. The number of carbonyl (C=O) groups excluding carboxylic acids is 2. The van der Waals surface area contributed by atoms with Crippen molar-refractivity contribution in [3.63, 3.8) is 0 Å². The van der Waals surface area contributed by atoms with Crippen LogP contribution in [0.1, 0.15) is 41.5 Å². The van der Waals surface area contributed by atoms with E-state index in [1.165, 1.54) is 0 Å². The Balaban J connectivity index is 1.24. The van der Waals surface area contributed by atoms with Crippen molar-refractivity contribution in [1.82, 2.24) is 19.8 Å².